The van der Waals surface area contributed by atoms with Gasteiger partial charge in [0.25, 0.3) is 11.8 Å². The number of ether oxygens (including phenoxy) is 3. The van der Waals surface area contributed by atoms with Crippen molar-refractivity contribution in [2.24, 2.45) is 5.92 Å². The van der Waals surface area contributed by atoms with Gasteiger partial charge in [0.15, 0.2) is 11.5 Å². The first-order valence-electron chi connectivity index (χ1n) is 12.7. The molecule has 220 valence electrons. The van der Waals surface area contributed by atoms with Crippen molar-refractivity contribution in [2.75, 3.05) is 18.6 Å². The topological polar surface area (TPSA) is 127 Å². The molecule has 3 aromatic rings. The molecule has 2 N–H and O–H groups in total. The van der Waals surface area contributed by atoms with E-state index in [-0.39, 0.29) is 44.8 Å². The van der Waals surface area contributed by atoms with Gasteiger partial charge in [0.1, 0.15) is 12.6 Å². The molecule has 0 unspecified atom stereocenters. The Morgan fingerprint density at radius 2 is 1.76 bits per heavy atom. The fraction of sp³-hybridized carbons (Fsp3) is 0.286. The van der Waals surface area contributed by atoms with Crippen LogP contribution in [0.25, 0.3) is 0 Å². The largest absolute Gasteiger partial charge is 0.489 e. The Kier molecular flexibility index (Phi) is 8.76. The second-order valence-corrected chi connectivity index (χ2v) is 10.5. The first kappa shape index (κ1) is 29.5. The maximum atomic E-state index is 13.2. The number of amides is 2. The maximum Gasteiger partial charge on any atom is 0.387 e. The zero-order chi connectivity index (χ0) is 30.0. The van der Waals surface area contributed by atoms with Crippen LogP contribution in [-0.4, -0.2) is 52.6 Å². The molecule has 0 radical (unpaired) electrons. The van der Waals surface area contributed by atoms with Crippen molar-refractivity contribution in [1.82, 2.24) is 9.88 Å². The van der Waals surface area contributed by atoms with Gasteiger partial charge in [-0.3, -0.25) is 35.0 Å². The van der Waals surface area contributed by atoms with Crippen molar-refractivity contribution >= 4 is 46.7 Å². The summed E-state index contributed by atoms with van der Waals surface area (Å²) in [6.07, 6.45) is 3.48. The summed E-state index contributed by atoms with van der Waals surface area (Å²) in [6, 6.07) is 8.15. The number of nitrogens with one attached hydrogen (secondary N) is 1. The molecule has 1 aromatic heterocycles. The SMILES string of the molecule is O=C(CN1C(=O)c2ccc(NO)cc2C1=O)O[C@@H](Cc1c(Cl)cncc1Cl)c1ccc(OC(F)F)c(OCC2CC2)c1. The lowest BCUT2D eigenvalue weighted by Crippen LogP contribution is -2.36. The number of aromatic nitrogens is 1. The molecule has 1 aliphatic heterocycles. The smallest absolute Gasteiger partial charge is 0.387 e. The Morgan fingerprint density at radius 1 is 1.05 bits per heavy atom. The van der Waals surface area contributed by atoms with E-state index < -0.39 is 37.0 Å². The number of carbonyl (C=O) groups is 3. The van der Waals surface area contributed by atoms with Gasteiger partial charge >= 0.3 is 12.6 Å². The number of hydrogen-bond donors (Lipinski definition) is 2. The summed E-state index contributed by atoms with van der Waals surface area (Å²) in [5.74, 6) is -2.25. The third-order valence-corrected chi connectivity index (χ3v) is 7.38. The van der Waals surface area contributed by atoms with E-state index in [1.54, 1.807) is 0 Å². The van der Waals surface area contributed by atoms with Gasteiger partial charge in [-0.25, -0.2) is 0 Å². The van der Waals surface area contributed by atoms with Crippen LogP contribution in [0, 0.1) is 5.92 Å². The monoisotopic (exact) mass is 621 g/mol. The number of imide groups is 1. The van der Waals surface area contributed by atoms with E-state index in [9.17, 15) is 23.2 Å². The summed E-state index contributed by atoms with van der Waals surface area (Å²) in [7, 11) is 0. The third-order valence-electron chi connectivity index (χ3n) is 6.73. The van der Waals surface area contributed by atoms with Crippen molar-refractivity contribution in [2.45, 2.75) is 32.0 Å². The number of fused-ring (bicyclic) bond motifs is 1. The average molecular weight is 622 g/mol. The lowest BCUT2D eigenvalue weighted by molar-refractivity contribution is -0.149. The summed E-state index contributed by atoms with van der Waals surface area (Å²) < 4.78 is 42.2. The summed E-state index contributed by atoms with van der Waals surface area (Å²) in [6.45, 7) is -3.52. The van der Waals surface area contributed by atoms with Crippen LogP contribution >= 0.6 is 23.2 Å². The van der Waals surface area contributed by atoms with E-state index >= 15 is 0 Å². The Balaban J connectivity index is 1.42. The molecule has 1 atom stereocenters. The lowest BCUT2D eigenvalue weighted by Gasteiger charge is -2.22. The second kappa shape index (κ2) is 12.5. The predicted molar refractivity (Wildman–Crippen MR) is 145 cm³/mol. The number of esters is 1. The number of carbonyl (C=O) groups excluding carboxylic acids is 3. The standard InChI is InChI=1S/C28H23Cl2F2N3O7/c29-20-10-33-11-21(30)19(20)9-23(15-3-6-22(42-28(31)32)24(7-15)40-13-14-1-2-14)41-25(36)12-35-26(37)17-5-4-16(34-39)8-18(17)27(35)38/h3-8,10-11,14,23,28,34,39H,1-2,9,12-13H2/t23-/m0/s1. The molecule has 1 fully saturated rings. The number of alkyl halides is 2. The van der Waals surface area contributed by atoms with Crippen LogP contribution in [0.4, 0.5) is 14.5 Å². The minimum atomic E-state index is -3.09. The minimum absolute atomic E-state index is 0.00539. The summed E-state index contributed by atoms with van der Waals surface area (Å²) >= 11 is 12.6. The Labute approximate surface area is 248 Å². The normalized spacial score (nSPS) is 15.0. The quantitative estimate of drug-likeness (QED) is 0.149. The highest BCUT2D eigenvalue weighted by Crippen LogP contribution is 2.38. The summed E-state index contributed by atoms with van der Waals surface area (Å²) in [5, 5.41) is 9.52. The molecule has 2 aliphatic rings. The third kappa shape index (κ3) is 6.56. The van der Waals surface area contributed by atoms with Gasteiger partial charge in [-0.1, -0.05) is 29.3 Å². The van der Waals surface area contributed by atoms with E-state index in [1.165, 1.54) is 48.8 Å². The number of halogens is 4. The van der Waals surface area contributed by atoms with Crippen molar-refractivity contribution < 1.29 is 42.6 Å². The van der Waals surface area contributed by atoms with Gasteiger partial charge in [0, 0.05) is 18.8 Å². The second-order valence-electron chi connectivity index (χ2n) is 9.67. The van der Waals surface area contributed by atoms with Crippen LogP contribution in [-0.2, 0) is 16.0 Å². The van der Waals surface area contributed by atoms with Crippen LogP contribution in [0.15, 0.2) is 48.8 Å². The van der Waals surface area contributed by atoms with Gasteiger partial charge in [0.05, 0.1) is 33.5 Å². The Morgan fingerprint density at radius 3 is 2.43 bits per heavy atom. The molecule has 2 heterocycles. The van der Waals surface area contributed by atoms with Gasteiger partial charge < -0.3 is 14.2 Å². The first-order chi connectivity index (χ1) is 20.1. The van der Waals surface area contributed by atoms with E-state index in [0.717, 1.165) is 17.7 Å². The molecule has 10 nitrogen and oxygen atoms in total. The molecule has 14 heteroatoms. The highest BCUT2D eigenvalue weighted by atomic mass is 35.5. The molecule has 5 rings (SSSR count). The van der Waals surface area contributed by atoms with E-state index in [0.29, 0.717) is 23.7 Å². The fourth-order valence-corrected chi connectivity index (χ4v) is 4.92. The number of anilines is 1. The van der Waals surface area contributed by atoms with Crippen LogP contribution in [0.3, 0.4) is 0 Å². The highest BCUT2D eigenvalue weighted by Gasteiger charge is 2.38. The van der Waals surface area contributed by atoms with Crippen LogP contribution in [0.5, 0.6) is 11.5 Å². The molecule has 2 aromatic carbocycles. The van der Waals surface area contributed by atoms with Gasteiger partial charge in [-0.2, -0.15) is 8.78 Å². The highest BCUT2D eigenvalue weighted by molar-refractivity contribution is 6.35. The van der Waals surface area contributed by atoms with E-state index in [2.05, 4.69) is 9.72 Å². The zero-order valence-corrected chi connectivity index (χ0v) is 23.2. The molecule has 0 saturated heterocycles. The molecule has 1 aliphatic carbocycles. The minimum Gasteiger partial charge on any atom is -0.489 e. The molecule has 42 heavy (non-hydrogen) atoms. The van der Waals surface area contributed by atoms with Crippen LogP contribution in [0.2, 0.25) is 10.0 Å². The van der Waals surface area contributed by atoms with Crippen molar-refractivity contribution in [3.05, 3.63) is 81.1 Å². The molecular weight excluding hydrogens is 599 g/mol. The Hall–Kier alpha value is -4.00. The average Bonchev–Trinajstić information content (AvgIpc) is 3.76. The van der Waals surface area contributed by atoms with Crippen molar-refractivity contribution in [3.8, 4) is 11.5 Å². The van der Waals surface area contributed by atoms with Crippen LogP contribution in [0.1, 0.15) is 50.8 Å². The van der Waals surface area contributed by atoms with E-state index in [4.69, 9.17) is 37.9 Å². The van der Waals surface area contributed by atoms with Crippen molar-refractivity contribution in [1.29, 1.82) is 0 Å². The lowest BCUT2D eigenvalue weighted by atomic mass is 10.0. The number of hydrogen-bond acceptors (Lipinski definition) is 9. The number of rotatable bonds is 12. The molecule has 0 spiro atoms. The predicted octanol–water partition coefficient (Wildman–Crippen LogP) is 5.70. The fourth-order valence-electron chi connectivity index (χ4n) is 4.40. The molecule has 0 bridgehead atoms. The Bertz CT molecular complexity index is 1520. The number of nitrogens with zero attached hydrogens (tertiary/aromatic N) is 2. The van der Waals surface area contributed by atoms with Crippen molar-refractivity contribution in [3.63, 3.8) is 0 Å². The van der Waals surface area contributed by atoms with Gasteiger partial charge in [-0.15, -0.1) is 0 Å². The van der Waals surface area contributed by atoms with E-state index in [1.807, 2.05) is 5.48 Å². The number of benzene rings is 2. The van der Waals surface area contributed by atoms with Crippen LogP contribution < -0.4 is 15.0 Å². The number of pyridine rings is 1. The summed E-state index contributed by atoms with van der Waals surface area (Å²) in [5.41, 5.74) is 2.88. The zero-order valence-electron chi connectivity index (χ0n) is 21.7. The molecular formula is C28H23Cl2F2N3O7. The molecule has 1 saturated carbocycles. The van der Waals surface area contributed by atoms with Gasteiger partial charge in [0.2, 0.25) is 0 Å². The summed E-state index contributed by atoms with van der Waals surface area (Å²) in [4.78, 5) is 43.6. The van der Waals surface area contributed by atoms with Gasteiger partial charge in [-0.05, 0) is 60.2 Å². The first-order valence-corrected chi connectivity index (χ1v) is 13.5. The maximum absolute atomic E-state index is 13.2. The molecule has 2 amide bonds.